The molecule has 4 atom stereocenters. The van der Waals surface area contributed by atoms with Gasteiger partial charge in [-0.25, -0.2) is 18.4 Å². The number of nitrogens with zero attached hydrogens (tertiary/aromatic N) is 4. The summed E-state index contributed by atoms with van der Waals surface area (Å²) in [7, 11) is 2.53. The molecule has 4 heterocycles. The summed E-state index contributed by atoms with van der Waals surface area (Å²) in [6.07, 6.45) is -0.00185. The lowest BCUT2D eigenvalue weighted by Gasteiger charge is -2.16. The number of nitrogens with two attached hydrogens (primary N) is 2. The van der Waals surface area contributed by atoms with Crippen LogP contribution in [0.4, 0.5) is 20.4 Å². The van der Waals surface area contributed by atoms with Gasteiger partial charge in [0.2, 0.25) is 0 Å². The van der Waals surface area contributed by atoms with Crippen LogP contribution in [0.1, 0.15) is 12.5 Å². The van der Waals surface area contributed by atoms with Gasteiger partial charge in [-0.05, 0) is 21.6 Å². The zero-order valence-electron chi connectivity index (χ0n) is 15.8. The van der Waals surface area contributed by atoms with Crippen LogP contribution in [0, 0.1) is 11.6 Å². The van der Waals surface area contributed by atoms with E-state index in [9.17, 15) is 18.4 Å². The molecule has 0 amide bonds. The molecule has 16 heteroatoms. The van der Waals surface area contributed by atoms with Gasteiger partial charge in [0.1, 0.15) is 0 Å². The Labute approximate surface area is 195 Å². The number of nitrogen functional groups attached to an aromatic ring is 2. The van der Waals surface area contributed by atoms with E-state index in [2.05, 4.69) is 23.1 Å². The highest BCUT2D eigenvalue weighted by atomic mass is 33.1. The Morgan fingerprint density at radius 3 is 1.62 bits per heavy atom. The van der Waals surface area contributed by atoms with Crippen molar-refractivity contribution >= 4 is 56.7 Å². The van der Waals surface area contributed by atoms with Gasteiger partial charge in [0.15, 0.2) is 45.3 Å². The summed E-state index contributed by atoms with van der Waals surface area (Å²) in [6, 6.07) is 0. The predicted molar refractivity (Wildman–Crippen MR) is 122 cm³/mol. The minimum atomic E-state index is -0.921. The lowest BCUT2D eigenvalue weighted by molar-refractivity contribution is 0.0618. The number of ether oxygens (including phenoxy) is 2. The van der Waals surface area contributed by atoms with Crippen LogP contribution in [-0.2, 0) is 9.47 Å². The second-order valence-corrected chi connectivity index (χ2v) is 11.6. The van der Waals surface area contributed by atoms with E-state index in [0.717, 1.165) is 21.5 Å². The molecule has 10 nitrogen and oxygen atoms in total. The van der Waals surface area contributed by atoms with E-state index in [-0.39, 0.29) is 0 Å². The summed E-state index contributed by atoms with van der Waals surface area (Å²) in [4.78, 5) is 31.9. The molecule has 0 radical (unpaired) electrons. The Balaban J connectivity index is 1.39. The molecule has 0 spiro atoms. The molecule has 2 aromatic rings. The number of thioether (sulfide) groups is 2. The van der Waals surface area contributed by atoms with Crippen LogP contribution < -0.4 is 22.8 Å². The first-order chi connectivity index (χ1) is 15.1. The molecule has 0 bridgehead atoms. The van der Waals surface area contributed by atoms with Gasteiger partial charge in [-0.2, -0.15) is 9.97 Å². The van der Waals surface area contributed by atoms with Crippen LogP contribution in [0.5, 0.6) is 0 Å². The second kappa shape index (κ2) is 9.11. The van der Waals surface area contributed by atoms with Gasteiger partial charge in [0.25, 0.3) is 0 Å². The van der Waals surface area contributed by atoms with Crippen molar-refractivity contribution in [2.24, 2.45) is 0 Å². The molecule has 2 aliphatic rings. The van der Waals surface area contributed by atoms with Gasteiger partial charge in [-0.3, -0.25) is 9.13 Å². The summed E-state index contributed by atoms with van der Waals surface area (Å²) in [5.41, 5.74) is 9.08. The van der Waals surface area contributed by atoms with Crippen molar-refractivity contribution in [3.8, 4) is 0 Å². The fourth-order valence-electron chi connectivity index (χ4n) is 2.65. The van der Waals surface area contributed by atoms with Crippen LogP contribution in [0.15, 0.2) is 45.0 Å². The van der Waals surface area contributed by atoms with E-state index in [0.29, 0.717) is 9.81 Å². The molecule has 2 aromatic heterocycles. The molecule has 2 aliphatic heterocycles. The van der Waals surface area contributed by atoms with E-state index >= 15 is 0 Å². The van der Waals surface area contributed by atoms with Crippen LogP contribution in [0.3, 0.4) is 0 Å². The van der Waals surface area contributed by atoms with Crippen molar-refractivity contribution in [3.63, 3.8) is 0 Å². The average molecular weight is 521 g/mol. The maximum Gasteiger partial charge on any atom is 0.352 e. The second-order valence-electron chi connectivity index (χ2n) is 6.24. The molecule has 32 heavy (non-hydrogen) atoms. The highest BCUT2D eigenvalue weighted by molar-refractivity contribution is 8.80. The van der Waals surface area contributed by atoms with Crippen LogP contribution in [-0.4, -0.2) is 28.6 Å². The van der Waals surface area contributed by atoms with Gasteiger partial charge in [0.05, 0.1) is 12.4 Å². The van der Waals surface area contributed by atoms with Crippen molar-refractivity contribution in [1.29, 1.82) is 0 Å². The zero-order valence-corrected chi connectivity index (χ0v) is 19.1. The first kappa shape index (κ1) is 23.2. The first-order valence-corrected chi connectivity index (χ1v) is 12.6. The minimum absolute atomic E-state index is 0.480. The Morgan fingerprint density at radius 1 is 0.875 bits per heavy atom. The third-order valence-electron chi connectivity index (χ3n) is 4.11. The summed E-state index contributed by atoms with van der Waals surface area (Å²) in [5.74, 6) is -2.69. The smallest absolute Gasteiger partial charge is 0.352 e. The predicted octanol–water partition coefficient (Wildman–Crippen LogP) is 2.44. The molecule has 2 fully saturated rings. The fraction of sp³-hybridized carbons (Fsp3) is 0.250. The van der Waals surface area contributed by atoms with Gasteiger partial charge >= 0.3 is 11.4 Å². The van der Waals surface area contributed by atoms with E-state index in [1.165, 1.54) is 45.1 Å². The van der Waals surface area contributed by atoms with Crippen molar-refractivity contribution in [2.45, 2.75) is 22.0 Å². The standard InChI is InChI=1S/C16H14F2N6O4S4/c1-5-11(23-3-7(17)9(19)21-13(23)25)27-15(29-5)31-32-16-28-12(6(2)30-16)24-4-8(18)10(20)22-14(24)26/h3-4,11-12,15-16H,1-2H2,(H2,19,21,25)(H2,20,22,26)/t11-,12-,15+,16+/m0/s1. The Hall–Kier alpha value is -1.98. The molecule has 4 rings (SSSR count). The summed E-state index contributed by atoms with van der Waals surface area (Å²) in [5, 5.41) is 0. The number of halogens is 2. The first-order valence-electron chi connectivity index (χ1n) is 8.56. The van der Waals surface area contributed by atoms with Crippen molar-refractivity contribution in [3.05, 3.63) is 68.0 Å². The molecule has 4 N–H and O–H groups in total. The summed E-state index contributed by atoms with van der Waals surface area (Å²) in [6.45, 7) is 7.71. The Kier molecular flexibility index (Phi) is 6.60. The number of aromatic nitrogens is 4. The molecule has 0 aliphatic carbocycles. The summed E-state index contributed by atoms with van der Waals surface area (Å²) >= 11 is 2.49. The number of anilines is 2. The highest BCUT2D eigenvalue weighted by Gasteiger charge is 2.37. The van der Waals surface area contributed by atoms with E-state index < -0.39 is 56.6 Å². The van der Waals surface area contributed by atoms with Crippen molar-refractivity contribution in [2.75, 3.05) is 11.5 Å². The van der Waals surface area contributed by atoms with Gasteiger partial charge in [-0.1, -0.05) is 36.7 Å². The largest absolute Gasteiger partial charge is 0.381 e. The molecular weight excluding hydrogens is 506 g/mol. The quantitative estimate of drug-likeness (QED) is 0.560. The fourth-order valence-corrected chi connectivity index (χ4v) is 7.92. The molecular formula is C16H14F2N6O4S4. The van der Waals surface area contributed by atoms with Gasteiger partial charge < -0.3 is 20.9 Å². The highest BCUT2D eigenvalue weighted by Crippen LogP contribution is 2.54. The van der Waals surface area contributed by atoms with Crippen molar-refractivity contribution < 1.29 is 18.3 Å². The lowest BCUT2D eigenvalue weighted by atomic mass is 10.5. The average Bonchev–Trinajstić information content (AvgIpc) is 3.28. The molecule has 170 valence electrons. The Bertz CT molecular complexity index is 1130. The third kappa shape index (κ3) is 4.55. The zero-order chi connectivity index (χ0) is 23.2. The molecule has 0 saturated carbocycles. The molecule has 2 saturated heterocycles. The number of hydrogen-bond acceptors (Lipinski definition) is 12. The normalized spacial score (nSPS) is 25.6. The number of rotatable bonds is 5. The molecule has 0 aromatic carbocycles. The van der Waals surface area contributed by atoms with Crippen molar-refractivity contribution in [1.82, 2.24) is 19.1 Å². The minimum Gasteiger partial charge on any atom is -0.381 e. The maximum absolute atomic E-state index is 13.7. The van der Waals surface area contributed by atoms with E-state index in [1.54, 1.807) is 0 Å². The van der Waals surface area contributed by atoms with E-state index in [4.69, 9.17) is 20.9 Å². The Morgan fingerprint density at radius 2 is 1.25 bits per heavy atom. The van der Waals surface area contributed by atoms with E-state index in [1.807, 2.05) is 0 Å². The molecule has 0 unspecified atom stereocenters. The third-order valence-corrected chi connectivity index (χ3v) is 9.64. The topological polar surface area (TPSA) is 140 Å². The van der Waals surface area contributed by atoms with Crippen LogP contribution >= 0.6 is 45.1 Å². The van der Waals surface area contributed by atoms with Gasteiger partial charge in [-0.15, -0.1) is 0 Å². The summed E-state index contributed by atoms with van der Waals surface area (Å²) < 4.78 is 40.0. The maximum atomic E-state index is 13.7. The SMILES string of the molecule is C=C1S[C@H](SS[C@@H]2O[C@H](n3cc(F)c(N)nc3=O)C(=C)S2)O[C@@H]1n1cc(F)c(N)nc1=O. The van der Waals surface area contributed by atoms with Gasteiger partial charge in [0, 0.05) is 9.81 Å². The lowest BCUT2D eigenvalue weighted by Crippen LogP contribution is -2.29. The van der Waals surface area contributed by atoms with Crippen LogP contribution in [0.2, 0.25) is 0 Å². The van der Waals surface area contributed by atoms with Crippen LogP contribution in [0.25, 0.3) is 0 Å². The number of hydrogen-bond donors (Lipinski definition) is 2. The monoisotopic (exact) mass is 520 g/mol.